The highest BCUT2D eigenvalue weighted by molar-refractivity contribution is 4.88. The van der Waals surface area contributed by atoms with Crippen LogP contribution in [0.5, 0.6) is 0 Å². The maximum Gasteiger partial charge on any atom is 0.125 e. The number of nitrogens with zero attached hydrogens (tertiary/aromatic N) is 10. The molecule has 5 rings (SSSR count). The van der Waals surface area contributed by atoms with E-state index in [4.69, 9.17) is 0 Å². The second kappa shape index (κ2) is 20.1. The van der Waals surface area contributed by atoms with Gasteiger partial charge >= 0.3 is 0 Å². The zero-order chi connectivity index (χ0) is 22.1. The van der Waals surface area contributed by atoms with Crippen molar-refractivity contribution in [2.24, 2.45) is 0 Å². The minimum absolute atomic E-state index is 0.822. The van der Waals surface area contributed by atoms with Crippen molar-refractivity contribution in [2.45, 2.75) is 6.92 Å². The van der Waals surface area contributed by atoms with Crippen LogP contribution in [0.3, 0.4) is 0 Å². The Morgan fingerprint density at radius 1 is 0.355 bits per heavy atom. The summed E-state index contributed by atoms with van der Waals surface area (Å²) in [5.41, 5.74) is 0. The van der Waals surface area contributed by atoms with Gasteiger partial charge in [-0.1, -0.05) is 6.07 Å². The molecule has 0 N–H and O–H groups in total. The van der Waals surface area contributed by atoms with Crippen LogP contribution in [0, 0.1) is 6.92 Å². The van der Waals surface area contributed by atoms with Crippen LogP contribution >= 0.6 is 0 Å². The molecular formula is C21H22N10. The van der Waals surface area contributed by atoms with Crippen LogP contribution in [0.2, 0.25) is 0 Å². The minimum atomic E-state index is 0.822. The molecule has 156 valence electrons. The van der Waals surface area contributed by atoms with Crippen molar-refractivity contribution in [3.8, 4) is 0 Å². The molecule has 31 heavy (non-hydrogen) atoms. The van der Waals surface area contributed by atoms with E-state index in [0.29, 0.717) is 0 Å². The Labute approximate surface area is 180 Å². The van der Waals surface area contributed by atoms with Crippen molar-refractivity contribution in [1.29, 1.82) is 0 Å². The Kier molecular flexibility index (Phi) is 15.9. The molecule has 5 aromatic heterocycles. The number of aromatic nitrogens is 10. The number of hydrogen-bond donors (Lipinski definition) is 0. The number of rotatable bonds is 0. The van der Waals surface area contributed by atoms with Gasteiger partial charge in [-0.15, -0.1) is 0 Å². The van der Waals surface area contributed by atoms with Gasteiger partial charge in [0.2, 0.25) is 0 Å². The van der Waals surface area contributed by atoms with E-state index in [1.165, 1.54) is 25.3 Å². The van der Waals surface area contributed by atoms with E-state index in [9.17, 15) is 0 Å². The Morgan fingerprint density at radius 2 is 0.742 bits per heavy atom. The predicted molar refractivity (Wildman–Crippen MR) is 115 cm³/mol. The van der Waals surface area contributed by atoms with Gasteiger partial charge in [0.15, 0.2) is 0 Å². The van der Waals surface area contributed by atoms with Gasteiger partial charge in [-0.25, -0.2) is 34.9 Å². The third-order valence-corrected chi connectivity index (χ3v) is 2.62. The van der Waals surface area contributed by atoms with Gasteiger partial charge < -0.3 is 0 Å². The highest BCUT2D eigenvalue weighted by Crippen LogP contribution is 1.78. The summed E-state index contributed by atoms with van der Waals surface area (Å²) in [6, 6.07) is 9.29. The molecule has 0 unspecified atom stereocenters. The van der Waals surface area contributed by atoms with E-state index in [-0.39, 0.29) is 0 Å². The lowest BCUT2D eigenvalue weighted by Gasteiger charge is -1.81. The SMILES string of the molecule is Cc1ncccn1.c1ccncc1.c1cnccn1.c1cncnc1.c1ncncn1. The topological polar surface area (TPSA) is 129 Å². The summed E-state index contributed by atoms with van der Waals surface area (Å²) >= 11 is 0. The molecule has 5 heterocycles. The fraction of sp³-hybridized carbons (Fsp3) is 0.0476. The van der Waals surface area contributed by atoms with Crippen LogP contribution in [0.4, 0.5) is 0 Å². The summed E-state index contributed by atoms with van der Waals surface area (Å²) in [5, 5.41) is 0. The lowest BCUT2D eigenvalue weighted by molar-refractivity contribution is 1.05. The highest BCUT2D eigenvalue weighted by Gasteiger charge is 1.74. The maximum absolute atomic E-state index is 3.87. The van der Waals surface area contributed by atoms with Gasteiger partial charge in [-0.2, -0.15) is 0 Å². The second-order valence-electron chi connectivity index (χ2n) is 4.91. The Morgan fingerprint density at radius 3 is 0.935 bits per heavy atom. The molecule has 0 saturated carbocycles. The molecule has 0 aliphatic heterocycles. The molecule has 0 saturated heterocycles. The van der Waals surface area contributed by atoms with E-state index in [2.05, 4.69) is 49.8 Å². The molecule has 0 aliphatic carbocycles. The van der Waals surface area contributed by atoms with Gasteiger partial charge in [0.05, 0.1) is 0 Å². The van der Waals surface area contributed by atoms with Crippen LogP contribution in [-0.2, 0) is 0 Å². The van der Waals surface area contributed by atoms with Crippen molar-refractivity contribution in [1.82, 2.24) is 49.8 Å². The predicted octanol–water partition coefficient (Wildman–Crippen LogP) is 2.69. The van der Waals surface area contributed by atoms with E-state index < -0.39 is 0 Å². The van der Waals surface area contributed by atoms with Crippen LogP contribution in [0.25, 0.3) is 0 Å². The van der Waals surface area contributed by atoms with Gasteiger partial charge in [0.1, 0.15) is 31.1 Å². The zero-order valence-corrected chi connectivity index (χ0v) is 16.9. The standard InChI is InChI=1S/C5H6N2.C5H5N.2C4H4N2.C3H3N3/c1-5-6-3-2-4-7-5;1-2-4-6-5-3-1;1-2-6-4-3-5-1;1-2-5-4-6-3-1;1-4-2-6-3-5-1/h2-4H,1H3;1-5H;2*1-4H;1-3H. The average Bonchev–Trinajstić information content (AvgIpc) is 2.90. The van der Waals surface area contributed by atoms with Gasteiger partial charge in [-0.05, 0) is 31.2 Å². The summed E-state index contributed by atoms with van der Waals surface area (Å²) in [5.74, 6) is 0.822. The van der Waals surface area contributed by atoms with Crippen LogP contribution in [0.1, 0.15) is 5.82 Å². The average molecular weight is 414 g/mol. The summed E-state index contributed by atoms with van der Waals surface area (Å²) in [6.45, 7) is 1.86. The molecule has 5 aromatic rings. The first-order valence-electron chi connectivity index (χ1n) is 8.93. The third kappa shape index (κ3) is 18.5. The number of aryl methyl sites for hydroxylation is 1. The first kappa shape index (κ1) is 24.4. The Balaban J connectivity index is 0.000000194. The van der Waals surface area contributed by atoms with Gasteiger partial charge in [0, 0.05) is 62.0 Å². The summed E-state index contributed by atoms with van der Waals surface area (Å²) in [6.07, 6.45) is 22.7. The van der Waals surface area contributed by atoms with Crippen molar-refractivity contribution in [3.63, 3.8) is 0 Å². The molecule has 0 atom stereocenters. The smallest absolute Gasteiger partial charge is 0.125 e. The van der Waals surface area contributed by atoms with Crippen LogP contribution < -0.4 is 0 Å². The van der Waals surface area contributed by atoms with Crippen LogP contribution in [0.15, 0.2) is 118 Å². The van der Waals surface area contributed by atoms with Crippen LogP contribution in [-0.4, -0.2) is 49.8 Å². The molecule has 0 aromatic carbocycles. The number of hydrogen-bond acceptors (Lipinski definition) is 10. The molecule has 0 amide bonds. The van der Waals surface area contributed by atoms with Gasteiger partial charge in [-0.3, -0.25) is 15.0 Å². The molecule has 0 fully saturated rings. The van der Waals surface area contributed by atoms with E-state index in [0.717, 1.165) is 5.82 Å². The molecule has 0 bridgehead atoms. The fourth-order valence-corrected chi connectivity index (χ4v) is 1.40. The minimum Gasteiger partial charge on any atom is -0.265 e. The van der Waals surface area contributed by atoms with E-state index in [1.807, 2.05) is 25.1 Å². The molecular weight excluding hydrogens is 392 g/mol. The fourth-order valence-electron chi connectivity index (χ4n) is 1.40. The highest BCUT2D eigenvalue weighted by atomic mass is 14.9. The van der Waals surface area contributed by atoms with Crippen molar-refractivity contribution in [2.75, 3.05) is 0 Å². The first-order valence-corrected chi connectivity index (χ1v) is 8.93. The summed E-state index contributed by atoms with van der Waals surface area (Å²) in [7, 11) is 0. The van der Waals surface area contributed by atoms with Gasteiger partial charge in [0.25, 0.3) is 0 Å². The first-order chi connectivity index (χ1) is 15.4. The Bertz CT molecular complexity index is 699. The third-order valence-electron chi connectivity index (χ3n) is 2.62. The van der Waals surface area contributed by atoms with E-state index >= 15 is 0 Å². The molecule has 0 radical (unpaired) electrons. The monoisotopic (exact) mass is 414 g/mol. The van der Waals surface area contributed by atoms with Crippen molar-refractivity contribution in [3.05, 3.63) is 123 Å². The van der Waals surface area contributed by atoms with Crippen molar-refractivity contribution < 1.29 is 0 Å². The molecule has 10 nitrogen and oxygen atoms in total. The normalized spacial score (nSPS) is 8.16. The number of pyridine rings is 1. The second-order valence-corrected chi connectivity index (χ2v) is 4.91. The molecule has 0 spiro atoms. The lowest BCUT2D eigenvalue weighted by Crippen LogP contribution is -1.80. The zero-order valence-electron chi connectivity index (χ0n) is 16.9. The molecule has 0 aliphatic rings. The Hall–Kier alpha value is -4.60. The van der Waals surface area contributed by atoms with E-state index in [1.54, 1.807) is 74.1 Å². The summed E-state index contributed by atoms with van der Waals surface area (Å²) in [4.78, 5) is 37.0. The quantitative estimate of drug-likeness (QED) is 0.373. The van der Waals surface area contributed by atoms with Crippen molar-refractivity contribution >= 4 is 0 Å². The maximum atomic E-state index is 3.87. The summed E-state index contributed by atoms with van der Waals surface area (Å²) < 4.78 is 0. The largest absolute Gasteiger partial charge is 0.265 e. The molecule has 10 heteroatoms. The lowest BCUT2D eigenvalue weighted by atomic mass is 10.5.